The van der Waals surface area contributed by atoms with E-state index in [-0.39, 0.29) is 5.91 Å². The molecule has 0 unspecified atom stereocenters. The third-order valence-electron chi connectivity index (χ3n) is 5.15. The summed E-state index contributed by atoms with van der Waals surface area (Å²) in [6.07, 6.45) is 2.33. The highest BCUT2D eigenvalue weighted by Gasteiger charge is 2.14. The summed E-state index contributed by atoms with van der Waals surface area (Å²) >= 11 is 0. The average Bonchev–Trinajstić information content (AvgIpc) is 2.96. The van der Waals surface area contributed by atoms with Crippen LogP contribution >= 0.6 is 0 Å². The first-order chi connectivity index (χ1) is 13.1. The number of hydrogen-bond donors (Lipinski definition) is 2. The Balaban J connectivity index is 1.65. The van der Waals surface area contributed by atoms with E-state index in [1.807, 2.05) is 6.07 Å². The molecule has 0 atom stereocenters. The summed E-state index contributed by atoms with van der Waals surface area (Å²) in [5, 5.41) is 12.0. The summed E-state index contributed by atoms with van der Waals surface area (Å²) in [6, 6.07) is 10.5. The fraction of sp³-hybridized carbons (Fsp3) is 0.381. The van der Waals surface area contributed by atoms with Crippen molar-refractivity contribution in [2.45, 2.75) is 39.3 Å². The molecule has 0 fully saturated rings. The highest BCUT2D eigenvalue weighted by molar-refractivity contribution is 5.85. The van der Waals surface area contributed by atoms with Crippen molar-refractivity contribution in [3.05, 3.63) is 47.2 Å². The molecule has 0 spiro atoms. The van der Waals surface area contributed by atoms with Crippen LogP contribution in [-0.2, 0) is 24.3 Å². The Morgan fingerprint density at radius 1 is 1.26 bits per heavy atom. The second-order valence-corrected chi connectivity index (χ2v) is 7.12. The molecular formula is C21H25N5O. The van der Waals surface area contributed by atoms with E-state index in [0.29, 0.717) is 6.42 Å². The van der Waals surface area contributed by atoms with Gasteiger partial charge in [0, 0.05) is 31.9 Å². The molecule has 140 valence electrons. The van der Waals surface area contributed by atoms with Crippen molar-refractivity contribution >= 4 is 16.8 Å². The predicted octanol–water partition coefficient (Wildman–Crippen LogP) is 2.58. The molecular weight excluding hydrogens is 338 g/mol. The maximum Gasteiger partial charge on any atom is 0.220 e. The first kappa shape index (κ1) is 17.7. The maximum atomic E-state index is 11.5. The zero-order valence-electron chi connectivity index (χ0n) is 15.9. The number of hydrogen-bond acceptors (Lipinski definition) is 4. The SMILES string of the molecule is CNC(=O)CCc1ccc2nc(-c3cc4n(n3)CCCNC4)cc(C)c2c1. The van der Waals surface area contributed by atoms with E-state index in [9.17, 15) is 4.79 Å². The molecule has 0 saturated carbocycles. The Hall–Kier alpha value is -2.73. The topological polar surface area (TPSA) is 71.8 Å². The van der Waals surface area contributed by atoms with E-state index in [1.165, 1.54) is 11.3 Å². The minimum Gasteiger partial charge on any atom is -0.359 e. The van der Waals surface area contributed by atoms with Crippen LogP contribution in [0.1, 0.15) is 29.7 Å². The van der Waals surface area contributed by atoms with Crippen molar-refractivity contribution in [1.82, 2.24) is 25.4 Å². The molecule has 6 heteroatoms. The van der Waals surface area contributed by atoms with Crippen LogP contribution in [0.5, 0.6) is 0 Å². The van der Waals surface area contributed by atoms with E-state index >= 15 is 0 Å². The Bertz CT molecular complexity index is 968. The smallest absolute Gasteiger partial charge is 0.220 e. The molecule has 3 heterocycles. The van der Waals surface area contributed by atoms with Gasteiger partial charge in [0.25, 0.3) is 0 Å². The van der Waals surface area contributed by atoms with Gasteiger partial charge in [-0.1, -0.05) is 6.07 Å². The van der Waals surface area contributed by atoms with Crippen molar-refractivity contribution in [2.24, 2.45) is 0 Å². The summed E-state index contributed by atoms with van der Waals surface area (Å²) in [6.45, 7) is 4.95. The second-order valence-electron chi connectivity index (χ2n) is 7.12. The van der Waals surface area contributed by atoms with E-state index in [4.69, 9.17) is 10.1 Å². The van der Waals surface area contributed by atoms with Crippen molar-refractivity contribution in [1.29, 1.82) is 0 Å². The van der Waals surface area contributed by atoms with Crippen molar-refractivity contribution in [3.63, 3.8) is 0 Å². The molecule has 3 aromatic rings. The number of carbonyl (C=O) groups is 1. The summed E-state index contributed by atoms with van der Waals surface area (Å²) in [7, 11) is 1.67. The first-order valence-electron chi connectivity index (χ1n) is 9.53. The minimum absolute atomic E-state index is 0.0642. The van der Waals surface area contributed by atoms with Gasteiger partial charge in [0.15, 0.2) is 0 Å². The lowest BCUT2D eigenvalue weighted by atomic mass is 10.0. The normalized spacial score (nSPS) is 14.0. The van der Waals surface area contributed by atoms with Crippen molar-refractivity contribution in [2.75, 3.05) is 13.6 Å². The predicted molar refractivity (Wildman–Crippen MR) is 106 cm³/mol. The second kappa shape index (κ2) is 7.48. The van der Waals surface area contributed by atoms with Gasteiger partial charge in [-0.2, -0.15) is 5.10 Å². The van der Waals surface area contributed by atoms with Gasteiger partial charge >= 0.3 is 0 Å². The molecule has 0 aliphatic carbocycles. The fourth-order valence-electron chi connectivity index (χ4n) is 3.60. The van der Waals surface area contributed by atoms with E-state index in [1.54, 1.807) is 7.05 Å². The standard InChI is InChI=1S/C21H25N5O/c1-14-10-19(20-12-16-13-23-8-3-9-26(16)25-20)24-18-6-4-15(11-17(14)18)5-7-21(27)22-2/h4,6,10-12,23H,3,5,7-9,13H2,1-2H3,(H,22,27). The van der Waals surface area contributed by atoms with Crippen LogP contribution in [0.15, 0.2) is 30.3 Å². The highest BCUT2D eigenvalue weighted by atomic mass is 16.1. The lowest BCUT2D eigenvalue weighted by molar-refractivity contribution is -0.120. The number of rotatable bonds is 4. The number of nitrogens with one attached hydrogen (secondary N) is 2. The van der Waals surface area contributed by atoms with Crippen LogP contribution in [0.4, 0.5) is 0 Å². The molecule has 2 N–H and O–H groups in total. The number of aryl methyl sites for hydroxylation is 3. The molecule has 1 aliphatic heterocycles. The summed E-state index contributed by atoms with van der Waals surface area (Å²) in [5.74, 6) is 0.0642. The molecule has 0 bridgehead atoms. The summed E-state index contributed by atoms with van der Waals surface area (Å²) < 4.78 is 2.10. The maximum absolute atomic E-state index is 11.5. The molecule has 27 heavy (non-hydrogen) atoms. The summed E-state index contributed by atoms with van der Waals surface area (Å²) in [5.41, 5.74) is 6.37. The zero-order valence-corrected chi connectivity index (χ0v) is 15.9. The Kier molecular flexibility index (Phi) is 4.90. The quantitative estimate of drug-likeness (QED) is 0.747. The van der Waals surface area contributed by atoms with Gasteiger partial charge in [-0.25, -0.2) is 4.98 Å². The van der Waals surface area contributed by atoms with E-state index < -0.39 is 0 Å². The van der Waals surface area contributed by atoms with Gasteiger partial charge in [-0.05, 0) is 61.7 Å². The molecule has 1 aliphatic rings. The molecule has 0 radical (unpaired) electrons. The van der Waals surface area contributed by atoms with Crippen LogP contribution < -0.4 is 10.6 Å². The monoisotopic (exact) mass is 363 g/mol. The van der Waals surface area contributed by atoms with Crippen LogP contribution in [0.25, 0.3) is 22.3 Å². The van der Waals surface area contributed by atoms with Crippen molar-refractivity contribution < 1.29 is 4.79 Å². The third-order valence-corrected chi connectivity index (χ3v) is 5.15. The minimum atomic E-state index is 0.0642. The van der Waals surface area contributed by atoms with E-state index in [2.05, 4.69) is 46.5 Å². The Labute approximate surface area is 159 Å². The largest absolute Gasteiger partial charge is 0.359 e. The molecule has 1 aromatic carbocycles. The van der Waals surface area contributed by atoms with Crippen molar-refractivity contribution in [3.8, 4) is 11.4 Å². The molecule has 1 amide bonds. The van der Waals surface area contributed by atoms with Crippen LogP contribution in [0.2, 0.25) is 0 Å². The lowest BCUT2D eigenvalue weighted by Gasteiger charge is -2.08. The number of aromatic nitrogens is 3. The number of amides is 1. The van der Waals surface area contributed by atoms with Gasteiger partial charge in [0.2, 0.25) is 5.91 Å². The number of nitrogens with zero attached hydrogens (tertiary/aromatic N) is 3. The Morgan fingerprint density at radius 3 is 3.00 bits per heavy atom. The van der Waals surface area contributed by atoms with Gasteiger partial charge in [0.1, 0.15) is 5.69 Å². The van der Waals surface area contributed by atoms with Gasteiger partial charge in [0.05, 0.1) is 16.9 Å². The highest BCUT2D eigenvalue weighted by Crippen LogP contribution is 2.26. The van der Waals surface area contributed by atoms with E-state index in [0.717, 1.165) is 60.3 Å². The van der Waals surface area contributed by atoms with Gasteiger partial charge in [-0.3, -0.25) is 9.48 Å². The zero-order chi connectivity index (χ0) is 18.8. The third kappa shape index (κ3) is 3.71. The van der Waals surface area contributed by atoms with Gasteiger partial charge in [-0.15, -0.1) is 0 Å². The number of pyridine rings is 1. The average molecular weight is 363 g/mol. The molecule has 4 rings (SSSR count). The fourth-order valence-corrected chi connectivity index (χ4v) is 3.60. The summed E-state index contributed by atoms with van der Waals surface area (Å²) in [4.78, 5) is 16.3. The molecule has 0 saturated heterocycles. The molecule has 2 aromatic heterocycles. The number of benzene rings is 1. The van der Waals surface area contributed by atoms with Crippen LogP contribution in [0.3, 0.4) is 0 Å². The van der Waals surface area contributed by atoms with Crippen LogP contribution in [-0.4, -0.2) is 34.3 Å². The number of carbonyl (C=O) groups excluding carboxylic acids is 1. The van der Waals surface area contributed by atoms with Gasteiger partial charge < -0.3 is 10.6 Å². The lowest BCUT2D eigenvalue weighted by Crippen LogP contribution is -2.17. The molecule has 6 nitrogen and oxygen atoms in total. The number of fused-ring (bicyclic) bond motifs is 2. The first-order valence-corrected chi connectivity index (χ1v) is 9.53. The Morgan fingerprint density at radius 2 is 2.15 bits per heavy atom. The van der Waals surface area contributed by atoms with Crippen LogP contribution in [0, 0.1) is 6.92 Å².